The smallest absolute Gasteiger partial charge is 0.242 e. The summed E-state index contributed by atoms with van der Waals surface area (Å²) in [5.41, 5.74) is 2.68. The normalized spacial score (nSPS) is 11.2. The summed E-state index contributed by atoms with van der Waals surface area (Å²) < 4.78 is 26.9. The second-order valence-corrected chi connectivity index (χ2v) is 7.02. The summed E-state index contributed by atoms with van der Waals surface area (Å²) in [6.45, 7) is 1.95. The van der Waals surface area contributed by atoms with Crippen molar-refractivity contribution in [1.82, 2.24) is 9.71 Å². The molecule has 0 unspecified atom stereocenters. The zero-order valence-electron chi connectivity index (χ0n) is 10.4. The van der Waals surface area contributed by atoms with E-state index in [1.807, 2.05) is 13.0 Å². The number of sulfonamides is 1. The van der Waals surface area contributed by atoms with Gasteiger partial charge in [0.2, 0.25) is 10.0 Å². The standard InChI is InChI=1S/C12H10ClN3O2S2/c1-8-11(19-7-15-8)6-16-20(17,18)12-4-9(5-14)2-3-10(12)13/h2-4,7,16H,6H2,1H3. The second-order valence-electron chi connectivity index (χ2n) is 3.94. The van der Waals surface area contributed by atoms with Gasteiger partial charge in [-0.15, -0.1) is 11.3 Å². The number of halogens is 1. The predicted molar refractivity (Wildman–Crippen MR) is 77.0 cm³/mol. The van der Waals surface area contributed by atoms with Crippen LogP contribution in [0.1, 0.15) is 16.1 Å². The number of rotatable bonds is 4. The van der Waals surface area contributed by atoms with E-state index in [0.29, 0.717) is 0 Å². The number of nitriles is 1. The first-order valence-electron chi connectivity index (χ1n) is 5.52. The molecule has 20 heavy (non-hydrogen) atoms. The van der Waals surface area contributed by atoms with E-state index in [4.69, 9.17) is 16.9 Å². The maximum Gasteiger partial charge on any atom is 0.242 e. The Hall–Kier alpha value is -1.46. The second kappa shape index (κ2) is 5.89. The van der Waals surface area contributed by atoms with E-state index in [1.54, 1.807) is 5.51 Å². The van der Waals surface area contributed by atoms with Crippen LogP contribution in [0.3, 0.4) is 0 Å². The number of aromatic nitrogens is 1. The first-order valence-corrected chi connectivity index (χ1v) is 8.26. The molecule has 0 bridgehead atoms. The molecule has 104 valence electrons. The third-order valence-corrected chi connectivity index (χ3v) is 5.44. The SMILES string of the molecule is Cc1ncsc1CNS(=O)(=O)c1cc(C#N)ccc1Cl. The van der Waals surface area contributed by atoms with Crippen molar-refractivity contribution >= 4 is 33.0 Å². The zero-order chi connectivity index (χ0) is 14.8. The minimum absolute atomic E-state index is 0.0810. The van der Waals surface area contributed by atoms with Gasteiger partial charge in [-0.3, -0.25) is 0 Å². The monoisotopic (exact) mass is 327 g/mol. The summed E-state index contributed by atoms with van der Waals surface area (Å²) in [5, 5.41) is 8.90. The van der Waals surface area contributed by atoms with Crippen LogP contribution in [-0.4, -0.2) is 13.4 Å². The molecule has 2 aromatic rings. The summed E-state index contributed by atoms with van der Waals surface area (Å²) in [6, 6.07) is 6.00. The number of nitrogens with one attached hydrogen (secondary N) is 1. The maximum absolute atomic E-state index is 12.2. The molecule has 0 saturated heterocycles. The fourth-order valence-corrected chi connectivity index (χ4v) is 3.84. The van der Waals surface area contributed by atoms with Crippen LogP contribution in [-0.2, 0) is 16.6 Å². The summed E-state index contributed by atoms with van der Waals surface area (Å²) in [6.07, 6.45) is 0. The third kappa shape index (κ3) is 3.16. The average molecular weight is 328 g/mol. The van der Waals surface area contributed by atoms with Gasteiger partial charge < -0.3 is 0 Å². The molecule has 0 spiro atoms. The third-order valence-electron chi connectivity index (χ3n) is 2.62. The molecular formula is C12H10ClN3O2S2. The molecule has 0 aliphatic carbocycles. The van der Waals surface area contributed by atoms with Crippen molar-refractivity contribution in [2.45, 2.75) is 18.4 Å². The van der Waals surface area contributed by atoms with Gasteiger partial charge in [0.05, 0.1) is 27.9 Å². The molecule has 0 fully saturated rings. The van der Waals surface area contributed by atoms with E-state index in [0.717, 1.165) is 10.6 Å². The van der Waals surface area contributed by atoms with E-state index < -0.39 is 10.0 Å². The van der Waals surface area contributed by atoms with Gasteiger partial charge in [-0.25, -0.2) is 18.1 Å². The van der Waals surface area contributed by atoms with Crippen LogP contribution < -0.4 is 4.72 Å². The highest BCUT2D eigenvalue weighted by molar-refractivity contribution is 7.89. The largest absolute Gasteiger partial charge is 0.250 e. The van der Waals surface area contributed by atoms with E-state index >= 15 is 0 Å². The molecule has 0 aliphatic heterocycles. The number of hydrogen-bond acceptors (Lipinski definition) is 5. The van der Waals surface area contributed by atoms with Gasteiger partial charge in [0.25, 0.3) is 0 Å². The number of benzene rings is 1. The van der Waals surface area contributed by atoms with Crippen molar-refractivity contribution < 1.29 is 8.42 Å². The summed E-state index contributed by atoms with van der Waals surface area (Å²) in [5.74, 6) is 0. The molecule has 0 amide bonds. The first kappa shape index (κ1) is 14.9. The van der Waals surface area contributed by atoms with Gasteiger partial charge in [0.15, 0.2) is 0 Å². The Kier molecular flexibility index (Phi) is 4.40. The molecule has 0 atom stereocenters. The van der Waals surface area contributed by atoms with Crippen LogP contribution in [0.4, 0.5) is 0 Å². The van der Waals surface area contributed by atoms with Gasteiger partial charge in [-0.05, 0) is 25.1 Å². The molecule has 5 nitrogen and oxygen atoms in total. The molecule has 1 aromatic carbocycles. The quantitative estimate of drug-likeness (QED) is 0.935. The van der Waals surface area contributed by atoms with Gasteiger partial charge in [-0.2, -0.15) is 5.26 Å². The highest BCUT2D eigenvalue weighted by Crippen LogP contribution is 2.23. The van der Waals surface area contributed by atoms with Crippen molar-refractivity contribution in [3.63, 3.8) is 0 Å². The minimum atomic E-state index is -3.77. The van der Waals surface area contributed by atoms with Gasteiger partial charge >= 0.3 is 0 Å². The van der Waals surface area contributed by atoms with Crippen LogP contribution in [0.15, 0.2) is 28.6 Å². The Morgan fingerprint density at radius 3 is 2.85 bits per heavy atom. The van der Waals surface area contributed by atoms with Crippen molar-refractivity contribution in [2.24, 2.45) is 0 Å². The molecule has 0 aliphatic rings. The lowest BCUT2D eigenvalue weighted by molar-refractivity contribution is 0.581. The highest BCUT2D eigenvalue weighted by Gasteiger charge is 2.19. The van der Waals surface area contributed by atoms with Crippen LogP contribution >= 0.6 is 22.9 Å². The fraction of sp³-hybridized carbons (Fsp3) is 0.167. The molecule has 1 aromatic heterocycles. The lowest BCUT2D eigenvalue weighted by Crippen LogP contribution is -2.23. The summed E-state index contributed by atoms with van der Waals surface area (Å²) >= 11 is 7.27. The van der Waals surface area contributed by atoms with Crippen molar-refractivity contribution in [2.75, 3.05) is 0 Å². The van der Waals surface area contributed by atoms with E-state index in [9.17, 15) is 8.42 Å². The van der Waals surface area contributed by atoms with Crippen LogP contribution in [0.2, 0.25) is 5.02 Å². The molecule has 0 saturated carbocycles. The fourth-order valence-electron chi connectivity index (χ4n) is 1.51. The van der Waals surface area contributed by atoms with E-state index in [1.165, 1.54) is 29.5 Å². The number of thiazole rings is 1. The Morgan fingerprint density at radius 1 is 1.50 bits per heavy atom. The molecular weight excluding hydrogens is 318 g/mol. The summed E-state index contributed by atoms with van der Waals surface area (Å²) in [7, 11) is -3.77. The van der Waals surface area contributed by atoms with Crippen LogP contribution in [0, 0.1) is 18.3 Å². The van der Waals surface area contributed by atoms with Gasteiger partial charge in [-0.1, -0.05) is 11.6 Å². The Morgan fingerprint density at radius 2 is 2.25 bits per heavy atom. The Balaban J connectivity index is 2.27. The van der Waals surface area contributed by atoms with Crippen LogP contribution in [0.25, 0.3) is 0 Å². The zero-order valence-corrected chi connectivity index (χ0v) is 12.8. The molecule has 0 radical (unpaired) electrons. The molecule has 1 heterocycles. The topological polar surface area (TPSA) is 82.8 Å². The highest BCUT2D eigenvalue weighted by atomic mass is 35.5. The van der Waals surface area contributed by atoms with Crippen LogP contribution in [0.5, 0.6) is 0 Å². The number of aryl methyl sites for hydroxylation is 1. The van der Waals surface area contributed by atoms with Gasteiger partial charge in [0.1, 0.15) is 4.90 Å². The number of nitrogens with zero attached hydrogens (tertiary/aromatic N) is 2. The minimum Gasteiger partial charge on any atom is -0.250 e. The number of hydrogen-bond donors (Lipinski definition) is 1. The van der Waals surface area contributed by atoms with Crippen molar-refractivity contribution in [3.8, 4) is 6.07 Å². The lowest BCUT2D eigenvalue weighted by Gasteiger charge is -2.08. The average Bonchev–Trinajstić information content (AvgIpc) is 2.82. The predicted octanol–water partition coefficient (Wildman–Crippen LogP) is 2.46. The van der Waals surface area contributed by atoms with E-state index in [2.05, 4.69) is 9.71 Å². The Labute approximate surface area is 125 Å². The van der Waals surface area contributed by atoms with Crippen molar-refractivity contribution in [1.29, 1.82) is 5.26 Å². The van der Waals surface area contributed by atoms with Gasteiger partial charge in [0, 0.05) is 11.4 Å². The van der Waals surface area contributed by atoms with E-state index in [-0.39, 0.29) is 22.0 Å². The van der Waals surface area contributed by atoms with Crippen molar-refractivity contribution in [3.05, 3.63) is 44.9 Å². The molecule has 8 heteroatoms. The molecule has 1 N–H and O–H groups in total. The first-order chi connectivity index (χ1) is 9.44. The summed E-state index contributed by atoms with van der Waals surface area (Å²) in [4.78, 5) is 4.79. The maximum atomic E-state index is 12.2. The Bertz CT molecular complexity index is 778. The molecule has 2 rings (SSSR count). The lowest BCUT2D eigenvalue weighted by atomic mass is 10.2.